The molecule has 0 aromatic rings. The minimum atomic E-state index is -3.12. The third-order valence-corrected chi connectivity index (χ3v) is 6.64. The molecule has 0 bridgehead atoms. The Bertz CT molecular complexity index is 363. The van der Waals surface area contributed by atoms with Gasteiger partial charge in [-0.1, -0.05) is 32.6 Å². The maximum Gasteiger partial charge on any atom is 0.219 e. The number of rotatable bonds is 7. The third-order valence-electron chi connectivity index (χ3n) is 4.26. The van der Waals surface area contributed by atoms with E-state index in [0.717, 1.165) is 57.8 Å². The highest BCUT2D eigenvalue weighted by atomic mass is 32.2. The first-order valence-corrected chi connectivity index (χ1v) is 9.29. The molecule has 0 N–H and O–H groups in total. The molecule has 1 heterocycles. The van der Waals surface area contributed by atoms with Gasteiger partial charge in [0.25, 0.3) is 0 Å². The van der Waals surface area contributed by atoms with Gasteiger partial charge in [-0.05, 0) is 32.1 Å². The molecule has 112 valence electrons. The number of hydrogen-bond donors (Lipinski definition) is 0. The van der Waals surface area contributed by atoms with Crippen LogP contribution in [0, 0.1) is 0 Å². The fraction of sp³-hybridized carbons (Fsp3) is 1.00. The van der Waals surface area contributed by atoms with E-state index < -0.39 is 10.0 Å². The number of unbranched alkanes of at least 4 members (excludes halogenated alkanes) is 2. The Hall–Kier alpha value is -0.130. The van der Waals surface area contributed by atoms with Crippen LogP contribution in [0.25, 0.3) is 0 Å². The van der Waals surface area contributed by atoms with Crippen molar-refractivity contribution in [2.45, 2.75) is 76.2 Å². The van der Waals surface area contributed by atoms with Crippen LogP contribution in [0.1, 0.15) is 64.7 Å². The highest BCUT2D eigenvalue weighted by molar-refractivity contribution is 7.89. The van der Waals surface area contributed by atoms with E-state index in [-0.39, 0.29) is 11.5 Å². The summed E-state index contributed by atoms with van der Waals surface area (Å²) in [5.74, 6) is 0. The topological polar surface area (TPSA) is 46.6 Å². The van der Waals surface area contributed by atoms with Gasteiger partial charge in [0.2, 0.25) is 10.0 Å². The average molecular weight is 289 g/mol. The first-order valence-electron chi connectivity index (χ1n) is 7.78. The van der Waals surface area contributed by atoms with Crippen molar-refractivity contribution in [1.29, 1.82) is 0 Å². The molecular weight excluding hydrogens is 262 g/mol. The van der Waals surface area contributed by atoms with Gasteiger partial charge < -0.3 is 4.74 Å². The number of nitrogens with zero attached hydrogens (tertiary/aromatic N) is 1. The van der Waals surface area contributed by atoms with E-state index in [1.807, 2.05) is 0 Å². The normalized spacial score (nSPS) is 26.3. The van der Waals surface area contributed by atoms with Crippen LogP contribution in [0.2, 0.25) is 0 Å². The highest BCUT2D eigenvalue weighted by Gasteiger charge is 2.40. The summed E-state index contributed by atoms with van der Waals surface area (Å²) in [6, 6.07) is 0. The maximum absolute atomic E-state index is 12.6. The molecule has 0 aromatic heterocycles. The van der Waals surface area contributed by atoms with Crippen LogP contribution in [0.4, 0.5) is 0 Å². The molecule has 0 spiro atoms. The predicted octanol–water partition coefficient (Wildman–Crippen LogP) is 2.89. The van der Waals surface area contributed by atoms with Crippen molar-refractivity contribution in [2.24, 2.45) is 0 Å². The van der Waals surface area contributed by atoms with Gasteiger partial charge in [0.15, 0.2) is 0 Å². The second kappa shape index (κ2) is 7.04. The molecule has 1 aliphatic carbocycles. The van der Waals surface area contributed by atoms with E-state index in [4.69, 9.17) is 4.74 Å². The second-order valence-corrected chi connectivity index (χ2v) is 7.90. The van der Waals surface area contributed by atoms with Crippen molar-refractivity contribution in [1.82, 2.24) is 4.31 Å². The first kappa shape index (κ1) is 15.3. The van der Waals surface area contributed by atoms with Gasteiger partial charge in [-0.3, -0.25) is 0 Å². The molecule has 19 heavy (non-hydrogen) atoms. The minimum Gasteiger partial charge on any atom is -0.362 e. The zero-order chi connectivity index (χ0) is 13.7. The molecule has 1 unspecified atom stereocenters. The van der Waals surface area contributed by atoms with Crippen LogP contribution in [-0.4, -0.2) is 37.4 Å². The lowest BCUT2D eigenvalue weighted by atomic mass is 10.3. The zero-order valence-electron chi connectivity index (χ0n) is 12.0. The van der Waals surface area contributed by atoms with Crippen molar-refractivity contribution in [3.8, 4) is 0 Å². The van der Waals surface area contributed by atoms with Gasteiger partial charge in [-0.25, -0.2) is 8.42 Å². The summed E-state index contributed by atoms with van der Waals surface area (Å²) in [7, 11) is -3.12. The lowest BCUT2D eigenvalue weighted by molar-refractivity contribution is -0.000553. The summed E-state index contributed by atoms with van der Waals surface area (Å²) in [5, 5.41) is -0.146. The molecule has 1 aliphatic heterocycles. The van der Waals surface area contributed by atoms with E-state index in [1.54, 1.807) is 4.31 Å². The van der Waals surface area contributed by atoms with E-state index in [9.17, 15) is 8.42 Å². The van der Waals surface area contributed by atoms with Gasteiger partial charge in [0, 0.05) is 13.2 Å². The summed E-state index contributed by atoms with van der Waals surface area (Å²) in [6.07, 6.45) is 8.73. The number of ether oxygens (including phenoxy) is 1. The van der Waals surface area contributed by atoms with Crippen molar-refractivity contribution >= 4 is 10.0 Å². The Morgan fingerprint density at radius 1 is 1.11 bits per heavy atom. The highest BCUT2D eigenvalue weighted by Crippen LogP contribution is 2.31. The summed E-state index contributed by atoms with van der Waals surface area (Å²) in [5.41, 5.74) is 0. The fourth-order valence-corrected chi connectivity index (χ4v) is 5.31. The smallest absolute Gasteiger partial charge is 0.219 e. The quantitative estimate of drug-likeness (QED) is 0.677. The van der Waals surface area contributed by atoms with Crippen molar-refractivity contribution in [2.75, 3.05) is 13.2 Å². The predicted molar refractivity (Wildman–Crippen MR) is 76.4 cm³/mol. The van der Waals surface area contributed by atoms with Crippen molar-refractivity contribution in [3.63, 3.8) is 0 Å². The summed E-state index contributed by atoms with van der Waals surface area (Å²) < 4.78 is 32.6. The van der Waals surface area contributed by atoms with Crippen LogP contribution in [0.3, 0.4) is 0 Å². The number of sulfonamides is 1. The van der Waals surface area contributed by atoms with Crippen molar-refractivity contribution in [3.05, 3.63) is 0 Å². The molecule has 1 saturated heterocycles. The Morgan fingerprint density at radius 3 is 2.53 bits per heavy atom. The van der Waals surface area contributed by atoms with Gasteiger partial charge in [-0.15, -0.1) is 0 Å². The Morgan fingerprint density at radius 2 is 1.84 bits per heavy atom. The molecule has 4 nitrogen and oxygen atoms in total. The lowest BCUT2D eigenvalue weighted by Crippen LogP contribution is -2.42. The molecule has 0 radical (unpaired) electrons. The number of hydrogen-bond acceptors (Lipinski definition) is 3. The Balaban J connectivity index is 1.90. The minimum absolute atomic E-state index is 0.146. The molecule has 2 aliphatic rings. The zero-order valence-corrected chi connectivity index (χ0v) is 12.8. The molecule has 1 atom stereocenters. The van der Waals surface area contributed by atoms with Crippen molar-refractivity contribution < 1.29 is 13.2 Å². The fourth-order valence-electron chi connectivity index (χ4n) is 3.12. The second-order valence-electron chi connectivity index (χ2n) is 5.74. The van der Waals surface area contributed by atoms with E-state index >= 15 is 0 Å². The van der Waals surface area contributed by atoms with E-state index in [0.29, 0.717) is 13.2 Å². The molecular formula is C14H27NO3S. The van der Waals surface area contributed by atoms with Gasteiger partial charge >= 0.3 is 0 Å². The monoisotopic (exact) mass is 289 g/mol. The van der Waals surface area contributed by atoms with Crippen LogP contribution >= 0.6 is 0 Å². The SMILES string of the molecule is CCCCCOC1CCCN1S(=O)(=O)C1CCCC1. The largest absolute Gasteiger partial charge is 0.362 e. The Kier molecular flexibility index (Phi) is 5.66. The molecule has 2 rings (SSSR count). The van der Waals surface area contributed by atoms with Gasteiger partial charge in [-0.2, -0.15) is 4.31 Å². The molecule has 2 fully saturated rings. The summed E-state index contributed by atoms with van der Waals surface area (Å²) in [6.45, 7) is 3.50. The van der Waals surface area contributed by atoms with Crippen LogP contribution in [0.5, 0.6) is 0 Å². The average Bonchev–Trinajstić information content (AvgIpc) is 3.05. The van der Waals surface area contributed by atoms with E-state index in [1.165, 1.54) is 0 Å². The molecule has 5 heteroatoms. The van der Waals surface area contributed by atoms with Gasteiger partial charge in [0.1, 0.15) is 6.23 Å². The lowest BCUT2D eigenvalue weighted by Gasteiger charge is -2.27. The van der Waals surface area contributed by atoms with Crippen LogP contribution in [-0.2, 0) is 14.8 Å². The molecule has 0 aromatic carbocycles. The van der Waals surface area contributed by atoms with Gasteiger partial charge in [0.05, 0.1) is 5.25 Å². The first-order chi connectivity index (χ1) is 9.16. The summed E-state index contributed by atoms with van der Waals surface area (Å²) >= 11 is 0. The molecule has 0 amide bonds. The Labute approximate surface area is 117 Å². The molecule has 1 saturated carbocycles. The summed E-state index contributed by atoms with van der Waals surface area (Å²) in [4.78, 5) is 0. The van der Waals surface area contributed by atoms with Crippen LogP contribution in [0.15, 0.2) is 0 Å². The standard InChI is InChI=1S/C14H27NO3S/c1-2-3-6-12-18-14-10-7-11-15(14)19(16,17)13-8-4-5-9-13/h13-14H,2-12H2,1H3. The third kappa shape index (κ3) is 3.70. The van der Waals surface area contributed by atoms with Crippen LogP contribution < -0.4 is 0 Å². The maximum atomic E-state index is 12.6. The van der Waals surface area contributed by atoms with E-state index in [2.05, 4.69) is 6.92 Å².